The first-order valence-electron chi connectivity index (χ1n) is 7.65. The van der Waals surface area contributed by atoms with E-state index in [-0.39, 0.29) is 24.4 Å². The fraction of sp³-hybridized carbons (Fsp3) is 0.500. The zero-order chi connectivity index (χ0) is 17.0. The molecule has 1 aliphatic rings. The van der Waals surface area contributed by atoms with Gasteiger partial charge in [0.25, 0.3) is 5.91 Å². The normalized spacial score (nSPS) is 17.0. The Balaban J connectivity index is 1.82. The fourth-order valence-corrected chi connectivity index (χ4v) is 2.98. The molecule has 1 aromatic rings. The van der Waals surface area contributed by atoms with Gasteiger partial charge in [-0.1, -0.05) is 23.2 Å². The molecule has 0 radical (unpaired) electrons. The standard InChI is InChI=1S/C16H21Cl2N3O2/c1-10(19)11-4-6-21(7-5-11)15(22)9-20-16(23)12-2-3-13(17)14(18)8-12/h2-3,8,10-11H,4-7,9,19H2,1H3,(H,20,23). The predicted octanol–water partition coefficient (Wildman–Crippen LogP) is 2.31. The minimum atomic E-state index is -0.345. The highest BCUT2D eigenvalue weighted by Gasteiger charge is 2.24. The zero-order valence-electron chi connectivity index (χ0n) is 13.0. The van der Waals surface area contributed by atoms with Gasteiger partial charge in [0.15, 0.2) is 0 Å². The molecule has 2 rings (SSSR count). The lowest BCUT2D eigenvalue weighted by atomic mass is 9.91. The second-order valence-corrected chi connectivity index (χ2v) is 6.70. The Bertz CT molecular complexity index is 585. The second kappa shape index (κ2) is 7.99. The Hall–Kier alpha value is -1.30. The number of amides is 2. The summed E-state index contributed by atoms with van der Waals surface area (Å²) in [5, 5.41) is 3.31. The first-order chi connectivity index (χ1) is 10.9. The van der Waals surface area contributed by atoms with Gasteiger partial charge in [-0.15, -0.1) is 0 Å². The highest BCUT2D eigenvalue weighted by Crippen LogP contribution is 2.22. The fourth-order valence-electron chi connectivity index (χ4n) is 2.68. The van der Waals surface area contributed by atoms with E-state index in [4.69, 9.17) is 28.9 Å². The Morgan fingerprint density at radius 2 is 1.96 bits per heavy atom. The number of halogens is 2. The van der Waals surface area contributed by atoms with Crippen LogP contribution in [0.3, 0.4) is 0 Å². The van der Waals surface area contributed by atoms with E-state index >= 15 is 0 Å². The molecule has 1 atom stereocenters. The van der Waals surface area contributed by atoms with E-state index in [2.05, 4.69) is 5.32 Å². The van der Waals surface area contributed by atoms with Crippen LogP contribution in [0.25, 0.3) is 0 Å². The summed E-state index contributed by atoms with van der Waals surface area (Å²) < 4.78 is 0. The third-order valence-corrected chi connectivity index (χ3v) is 4.96. The molecule has 3 N–H and O–H groups in total. The van der Waals surface area contributed by atoms with Gasteiger partial charge in [-0.3, -0.25) is 9.59 Å². The van der Waals surface area contributed by atoms with Crippen molar-refractivity contribution in [2.75, 3.05) is 19.6 Å². The molecule has 5 nitrogen and oxygen atoms in total. The van der Waals surface area contributed by atoms with Gasteiger partial charge in [0.1, 0.15) is 0 Å². The van der Waals surface area contributed by atoms with E-state index in [9.17, 15) is 9.59 Å². The number of piperidine rings is 1. The molecule has 7 heteroatoms. The number of hydrogen-bond donors (Lipinski definition) is 2. The Labute approximate surface area is 146 Å². The third kappa shape index (κ3) is 4.83. The van der Waals surface area contributed by atoms with Crippen LogP contribution in [0.4, 0.5) is 0 Å². The highest BCUT2D eigenvalue weighted by molar-refractivity contribution is 6.42. The number of benzene rings is 1. The second-order valence-electron chi connectivity index (χ2n) is 5.89. The molecule has 1 unspecified atom stereocenters. The van der Waals surface area contributed by atoms with Crippen LogP contribution in [0.5, 0.6) is 0 Å². The molecular formula is C16H21Cl2N3O2. The van der Waals surface area contributed by atoms with Crippen LogP contribution in [-0.2, 0) is 4.79 Å². The lowest BCUT2D eigenvalue weighted by Crippen LogP contribution is -2.46. The van der Waals surface area contributed by atoms with Crippen molar-refractivity contribution in [2.24, 2.45) is 11.7 Å². The summed E-state index contributed by atoms with van der Waals surface area (Å²) in [6, 6.07) is 4.76. The van der Waals surface area contributed by atoms with Crippen molar-refractivity contribution in [1.29, 1.82) is 0 Å². The molecule has 0 bridgehead atoms. The Kier molecular flexibility index (Phi) is 6.27. The number of nitrogens with zero attached hydrogens (tertiary/aromatic N) is 1. The van der Waals surface area contributed by atoms with Crippen LogP contribution >= 0.6 is 23.2 Å². The van der Waals surface area contributed by atoms with Gasteiger partial charge in [0.2, 0.25) is 5.91 Å². The average Bonchev–Trinajstić information content (AvgIpc) is 2.54. The third-order valence-electron chi connectivity index (χ3n) is 4.22. The number of hydrogen-bond acceptors (Lipinski definition) is 3. The molecule has 0 aromatic heterocycles. The smallest absolute Gasteiger partial charge is 0.251 e. The maximum Gasteiger partial charge on any atom is 0.251 e. The first kappa shape index (κ1) is 18.0. The maximum absolute atomic E-state index is 12.2. The number of rotatable bonds is 4. The Morgan fingerprint density at radius 3 is 2.52 bits per heavy atom. The van der Waals surface area contributed by atoms with Crippen LogP contribution in [-0.4, -0.2) is 42.4 Å². The average molecular weight is 358 g/mol. The molecule has 23 heavy (non-hydrogen) atoms. The molecule has 0 spiro atoms. The number of likely N-dealkylation sites (tertiary alicyclic amines) is 1. The topological polar surface area (TPSA) is 75.4 Å². The first-order valence-corrected chi connectivity index (χ1v) is 8.40. The summed E-state index contributed by atoms with van der Waals surface area (Å²) in [5.41, 5.74) is 6.27. The lowest BCUT2D eigenvalue weighted by Gasteiger charge is -2.33. The summed E-state index contributed by atoms with van der Waals surface area (Å²) in [7, 11) is 0. The number of nitrogens with one attached hydrogen (secondary N) is 1. The van der Waals surface area contributed by atoms with E-state index in [0.717, 1.165) is 12.8 Å². The largest absolute Gasteiger partial charge is 0.343 e. The molecule has 1 aliphatic heterocycles. The van der Waals surface area contributed by atoms with Crippen LogP contribution in [0.2, 0.25) is 10.0 Å². The van der Waals surface area contributed by atoms with E-state index in [0.29, 0.717) is 34.6 Å². The summed E-state index contributed by atoms with van der Waals surface area (Å²) in [6.45, 7) is 3.35. The number of carbonyl (C=O) groups excluding carboxylic acids is 2. The maximum atomic E-state index is 12.2. The summed E-state index contributed by atoms with van der Waals surface area (Å²) in [6.07, 6.45) is 1.81. The van der Waals surface area contributed by atoms with Crippen molar-refractivity contribution in [2.45, 2.75) is 25.8 Å². The van der Waals surface area contributed by atoms with Crippen LogP contribution in [0.1, 0.15) is 30.1 Å². The monoisotopic (exact) mass is 357 g/mol. The zero-order valence-corrected chi connectivity index (χ0v) is 14.5. The summed E-state index contributed by atoms with van der Waals surface area (Å²) in [4.78, 5) is 26.0. The minimum absolute atomic E-state index is 0.0259. The summed E-state index contributed by atoms with van der Waals surface area (Å²) in [5.74, 6) is 0.0359. The van der Waals surface area contributed by atoms with E-state index in [1.165, 1.54) is 6.07 Å². The SMILES string of the molecule is CC(N)C1CCN(C(=O)CNC(=O)c2ccc(Cl)c(Cl)c2)CC1. The molecule has 1 heterocycles. The van der Waals surface area contributed by atoms with E-state index < -0.39 is 0 Å². The molecule has 0 aliphatic carbocycles. The molecule has 126 valence electrons. The van der Waals surface area contributed by atoms with E-state index in [1.54, 1.807) is 17.0 Å². The predicted molar refractivity (Wildman–Crippen MR) is 91.7 cm³/mol. The molecule has 2 amide bonds. The van der Waals surface area contributed by atoms with Crippen molar-refractivity contribution in [1.82, 2.24) is 10.2 Å². The van der Waals surface area contributed by atoms with Gasteiger partial charge in [-0.25, -0.2) is 0 Å². The van der Waals surface area contributed by atoms with Gasteiger partial charge in [-0.2, -0.15) is 0 Å². The van der Waals surface area contributed by atoms with E-state index in [1.807, 2.05) is 6.92 Å². The van der Waals surface area contributed by atoms with Gasteiger partial charge in [0.05, 0.1) is 16.6 Å². The molecule has 1 saturated heterocycles. The molecular weight excluding hydrogens is 337 g/mol. The van der Waals surface area contributed by atoms with Gasteiger partial charge < -0.3 is 16.0 Å². The van der Waals surface area contributed by atoms with Crippen molar-refractivity contribution in [3.05, 3.63) is 33.8 Å². The molecule has 1 aromatic carbocycles. The van der Waals surface area contributed by atoms with Crippen LogP contribution in [0.15, 0.2) is 18.2 Å². The lowest BCUT2D eigenvalue weighted by molar-refractivity contribution is -0.131. The van der Waals surface area contributed by atoms with Crippen molar-refractivity contribution < 1.29 is 9.59 Å². The van der Waals surface area contributed by atoms with Crippen LogP contribution < -0.4 is 11.1 Å². The number of carbonyl (C=O) groups is 2. The molecule has 1 fully saturated rings. The van der Waals surface area contributed by atoms with Crippen molar-refractivity contribution in [3.63, 3.8) is 0 Å². The van der Waals surface area contributed by atoms with Crippen molar-refractivity contribution in [3.8, 4) is 0 Å². The molecule has 0 saturated carbocycles. The van der Waals surface area contributed by atoms with Crippen molar-refractivity contribution >= 4 is 35.0 Å². The number of nitrogens with two attached hydrogens (primary N) is 1. The quantitative estimate of drug-likeness (QED) is 0.867. The van der Waals surface area contributed by atoms with Gasteiger partial charge in [0, 0.05) is 24.7 Å². The summed E-state index contributed by atoms with van der Waals surface area (Å²) >= 11 is 11.7. The van der Waals surface area contributed by atoms with Gasteiger partial charge in [-0.05, 0) is 43.9 Å². The van der Waals surface area contributed by atoms with Crippen LogP contribution in [0, 0.1) is 5.92 Å². The highest BCUT2D eigenvalue weighted by atomic mass is 35.5. The Morgan fingerprint density at radius 1 is 1.30 bits per heavy atom. The minimum Gasteiger partial charge on any atom is -0.343 e. The van der Waals surface area contributed by atoms with Gasteiger partial charge >= 0.3 is 0 Å².